The highest BCUT2D eigenvalue weighted by Gasteiger charge is 2.35. The molecule has 12 nitrogen and oxygen atoms in total. The van der Waals surface area contributed by atoms with Crippen LogP contribution in [0.1, 0.15) is 32.3 Å². The molecule has 232 valence electrons. The fraction of sp³-hybridized carbons (Fsp3) is 0.517. The first-order valence-electron chi connectivity index (χ1n) is 13.7. The van der Waals surface area contributed by atoms with Gasteiger partial charge in [-0.3, -0.25) is 4.79 Å². The molecule has 0 aromatic heterocycles. The summed E-state index contributed by atoms with van der Waals surface area (Å²) in [6, 6.07) is 14.2. The van der Waals surface area contributed by atoms with Gasteiger partial charge < -0.3 is 35.1 Å². The highest BCUT2D eigenvalue weighted by molar-refractivity contribution is 7.89. The van der Waals surface area contributed by atoms with E-state index in [-0.39, 0.29) is 50.8 Å². The molecule has 1 aliphatic rings. The van der Waals surface area contributed by atoms with Crippen LogP contribution >= 0.6 is 0 Å². The molecule has 13 heteroatoms. The van der Waals surface area contributed by atoms with E-state index in [1.807, 2.05) is 44.2 Å². The van der Waals surface area contributed by atoms with E-state index >= 15 is 0 Å². The average molecular weight is 608 g/mol. The first-order chi connectivity index (χ1) is 19.9. The monoisotopic (exact) mass is 607 g/mol. The third kappa shape index (κ3) is 10.2. The molecule has 3 rings (SSSR count). The number of ether oxygens (including phenoxy) is 4. The minimum absolute atomic E-state index is 0.00507. The zero-order chi connectivity index (χ0) is 30.8. The molecule has 0 saturated carbocycles. The average Bonchev–Trinajstić information content (AvgIpc) is 2.96. The van der Waals surface area contributed by atoms with E-state index in [9.17, 15) is 23.1 Å². The minimum Gasteiger partial charge on any atom is -0.497 e. The van der Waals surface area contributed by atoms with E-state index in [2.05, 4.69) is 5.32 Å². The lowest BCUT2D eigenvalue weighted by Gasteiger charge is -2.35. The number of primary amides is 1. The fourth-order valence-corrected chi connectivity index (χ4v) is 6.17. The van der Waals surface area contributed by atoms with Crippen molar-refractivity contribution in [2.75, 3.05) is 40.2 Å². The summed E-state index contributed by atoms with van der Waals surface area (Å²) in [5.41, 5.74) is 5.50. The Bertz CT molecular complexity index is 1250. The van der Waals surface area contributed by atoms with Gasteiger partial charge in [-0.05, 0) is 48.1 Å². The van der Waals surface area contributed by atoms with Crippen molar-refractivity contribution < 1.29 is 42.1 Å². The van der Waals surface area contributed by atoms with Crippen LogP contribution in [-0.2, 0) is 35.4 Å². The number of sulfonamides is 1. The number of aliphatic hydroxyl groups excluding tert-OH is 1. The molecule has 2 amide bonds. The number of alkyl carbamates (subject to hydrolysis) is 1. The Morgan fingerprint density at radius 3 is 2.36 bits per heavy atom. The van der Waals surface area contributed by atoms with Crippen LogP contribution in [-0.4, -0.2) is 88.3 Å². The van der Waals surface area contributed by atoms with Crippen LogP contribution in [0.4, 0.5) is 4.79 Å². The van der Waals surface area contributed by atoms with Gasteiger partial charge in [0.15, 0.2) is 6.10 Å². The molecule has 0 aliphatic carbocycles. The van der Waals surface area contributed by atoms with Crippen LogP contribution in [0.15, 0.2) is 59.5 Å². The van der Waals surface area contributed by atoms with Gasteiger partial charge in [0.1, 0.15) is 12.5 Å². The normalized spacial score (nSPS) is 16.0. The molecule has 1 unspecified atom stereocenters. The molecule has 2 aromatic carbocycles. The fourth-order valence-electron chi connectivity index (χ4n) is 4.52. The van der Waals surface area contributed by atoms with Gasteiger partial charge in [0, 0.05) is 19.5 Å². The van der Waals surface area contributed by atoms with Gasteiger partial charge in [0.05, 0.1) is 37.4 Å². The predicted molar refractivity (Wildman–Crippen MR) is 154 cm³/mol. The Balaban J connectivity index is 1.87. The lowest BCUT2D eigenvalue weighted by Crippen LogP contribution is -2.52. The van der Waals surface area contributed by atoms with Crippen molar-refractivity contribution in [2.24, 2.45) is 11.1 Å². The molecule has 1 fully saturated rings. The number of nitrogens with one attached hydrogen (secondary N) is 1. The van der Waals surface area contributed by atoms with Crippen molar-refractivity contribution in [1.82, 2.24) is 9.62 Å². The lowest BCUT2D eigenvalue weighted by atomic mass is 9.87. The molecule has 42 heavy (non-hydrogen) atoms. The number of benzene rings is 2. The van der Waals surface area contributed by atoms with Crippen LogP contribution in [0, 0.1) is 5.41 Å². The van der Waals surface area contributed by atoms with Gasteiger partial charge in [-0.15, -0.1) is 0 Å². The van der Waals surface area contributed by atoms with Crippen LogP contribution in [0.3, 0.4) is 0 Å². The Labute approximate surface area is 247 Å². The zero-order valence-electron chi connectivity index (χ0n) is 24.2. The molecule has 1 heterocycles. The Morgan fingerprint density at radius 2 is 1.76 bits per heavy atom. The van der Waals surface area contributed by atoms with E-state index < -0.39 is 45.7 Å². The number of hydrogen-bond donors (Lipinski definition) is 3. The molecule has 0 bridgehead atoms. The minimum atomic E-state index is -4.13. The number of hydrogen-bond acceptors (Lipinski definition) is 9. The Morgan fingerprint density at radius 1 is 1.12 bits per heavy atom. The molecule has 1 aliphatic heterocycles. The second-order valence-corrected chi connectivity index (χ2v) is 12.9. The SMILES string of the molecule is COc1ccc(S(=O)(=O)N(C[C@@H](O)C(Cc2ccccc2)NC(=O)OC2COCOC2)CC(C)(C)CCC(N)=O)cc1. The summed E-state index contributed by atoms with van der Waals surface area (Å²) in [7, 11) is -2.65. The van der Waals surface area contributed by atoms with E-state index in [0.29, 0.717) is 12.2 Å². The molecular weight excluding hydrogens is 566 g/mol. The summed E-state index contributed by atoms with van der Waals surface area (Å²) in [5, 5.41) is 14.2. The van der Waals surface area contributed by atoms with E-state index in [4.69, 9.17) is 24.7 Å². The first kappa shape index (κ1) is 33.3. The quantitative estimate of drug-likeness (QED) is 0.275. The molecule has 0 radical (unpaired) electrons. The van der Waals surface area contributed by atoms with Crippen LogP contribution < -0.4 is 15.8 Å². The third-order valence-corrected chi connectivity index (χ3v) is 8.68. The molecule has 4 N–H and O–H groups in total. The Hall–Kier alpha value is -3.23. The van der Waals surface area contributed by atoms with Crippen molar-refractivity contribution in [3.63, 3.8) is 0 Å². The van der Waals surface area contributed by atoms with Crippen LogP contribution in [0.25, 0.3) is 0 Å². The molecule has 0 spiro atoms. The number of carbonyl (C=O) groups excluding carboxylic acids is 2. The lowest BCUT2D eigenvalue weighted by molar-refractivity contribution is -0.151. The number of rotatable bonds is 15. The zero-order valence-corrected chi connectivity index (χ0v) is 25.0. The number of amides is 2. The van der Waals surface area contributed by atoms with Gasteiger partial charge in [-0.2, -0.15) is 4.31 Å². The maximum absolute atomic E-state index is 13.9. The van der Waals surface area contributed by atoms with Gasteiger partial charge in [0.2, 0.25) is 15.9 Å². The maximum atomic E-state index is 13.9. The summed E-state index contributed by atoms with van der Waals surface area (Å²) in [4.78, 5) is 24.3. The van der Waals surface area contributed by atoms with Gasteiger partial charge in [-0.25, -0.2) is 13.2 Å². The van der Waals surface area contributed by atoms with Crippen LogP contribution in [0.2, 0.25) is 0 Å². The number of methoxy groups -OCH3 is 1. The number of carbonyl (C=O) groups is 2. The topological polar surface area (TPSA) is 167 Å². The van der Waals surface area contributed by atoms with Crippen molar-refractivity contribution in [1.29, 1.82) is 0 Å². The first-order valence-corrected chi connectivity index (χ1v) is 15.1. The summed E-state index contributed by atoms with van der Waals surface area (Å²) < 4.78 is 49.9. The second-order valence-electron chi connectivity index (χ2n) is 11.0. The summed E-state index contributed by atoms with van der Waals surface area (Å²) in [6.07, 6.45) is -2.14. The predicted octanol–water partition coefficient (Wildman–Crippen LogP) is 2.05. The van der Waals surface area contributed by atoms with Crippen molar-refractivity contribution in [3.8, 4) is 5.75 Å². The number of nitrogens with zero attached hydrogens (tertiary/aromatic N) is 1. The standard InChI is InChI=1S/C29H41N3O9S/c1-29(2,14-13-27(30)34)19-32(42(36,37)24-11-9-22(38-3)10-12-24)16-26(33)25(15-21-7-5-4-6-8-21)31-28(35)41-23-17-39-20-40-18-23/h4-12,23,25-26,33H,13-20H2,1-3H3,(H2,30,34)(H,31,35)/t25?,26-/m1/s1. The largest absolute Gasteiger partial charge is 0.497 e. The van der Waals surface area contributed by atoms with Gasteiger partial charge in [-0.1, -0.05) is 44.2 Å². The third-order valence-electron chi connectivity index (χ3n) is 6.85. The summed E-state index contributed by atoms with van der Waals surface area (Å²) in [5.74, 6) is -0.00574. The van der Waals surface area contributed by atoms with Gasteiger partial charge in [0.25, 0.3) is 0 Å². The molecule has 2 atom stereocenters. The van der Waals surface area contributed by atoms with E-state index in [0.717, 1.165) is 5.56 Å². The highest BCUT2D eigenvalue weighted by Crippen LogP contribution is 2.28. The molecule has 1 saturated heterocycles. The Kier molecular flexibility index (Phi) is 12.1. The molecular formula is C29H41N3O9S. The summed E-state index contributed by atoms with van der Waals surface area (Å²) >= 11 is 0. The van der Waals surface area contributed by atoms with E-state index in [1.165, 1.54) is 35.7 Å². The van der Waals surface area contributed by atoms with Gasteiger partial charge >= 0.3 is 6.09 Å². The number of aliphatic hydroxyl groups is 1. The highest BCUT2D eigenvalue weighted by atomic mass is 32.2. The van der Waals surface area contributed by atoms with Crippen molar-refractivity contribution >= 4 is 22.0 Å². The van der Waals surface area contributed by atoms with Crippen molar-refractivity contribution in [2.45, 2.75) is 56.3 Å². The van der Waals surface area contributed by atoms with Crippen molar-refractivity contribution in [3.05, 3.63) is 60.2 Å². The summed E-state index contributed by atoms with van der Waals surface area (Å²) in [6.45, 7) is 3.74. The molecule has 2 aromatic rings. The van der Waals surface area contributed by atoms with E-state index in [1.54, 1.807) is 0 Å². The second kappa shape index (κ2) is 15.3. The van der Waals surface area contributed by atoms with Crippen LogP contribution in [0.5, 0.6) is 5.75 Å². The maximum Gasteiger partial charge on any atom is 0.407 e. The number of nitrogens with two attached hydrogens (primary N) is 1. The smallest absolute Gasteiger partial charge is 0.407 e.